The molecule has 0 spiro atoms. The minimum absolute atomic E-state index is 0.0607. The number of nitrogens with two attached hydrogens (primary N) is 1. The first-order valence-corrected chi connectivity index (χ1v) is 6.69. The fourth-order valence-electron chi connectivity index (χ4n) is 1.29. The molecule has 0 aliphatic rings. The molecule has 2 rings (SSSR count). The fourth-order valence-corrected chi connectivity index (χ4v) is 2.77. The summed E-state index contributed by atoms with van der Waals surface area (Å²) in [6.07, 6.45) is 0.430. The number of hydrogen-bond donors (Lipinski definition) is 1. The van der Waals surface area contributed by atoms with Gasteiger partial charge < -0.3 is 5.73 Å². The van der Waals surface area contributed by atoms with Gasteiger partial charge in [0.2, 0.25) is 0 Å². The summed E-state index contributed by atoms with van der Waals surface area (Å²) in [7, 11) is 0. The highest BCUT2D eigenvalue weighted by molar-refractivity contribution is 7.10. The molecule has 0 saturated heterocycles. The average Bonchev–Trinajstić information content (AvgIpc) is 2.86. The molecule has 0 radical (unpaired) electrons. The van der Waals surface area contributed by atoms with Crippen LogP contribution in [0.25, 0.3) is 0 Å². The van der Waals surface area contributed by atoms with E-state index in [-0.39, 0.29) is 11.8 Å². The maximum Gasteiger partial charge on any atom is 0.187 e. The minimum Gasteiger partial charge on any atom is -0.322 e. The Labute approximate surface area is 102 Å². The van der Waals surface area contributed by atoms with Crippen LogP contribution in [0.2, 0.25) is 0 Å². The number of thiophene rings is 1. The van der Waals surface area contributed by atoms with Gasteiger partial charge in [0, 0.05) is 16.7 Å². The predicted molar refractivity (Wildman–Crippen MR) is 67.1 cm³/mol. The van der Waals surface area contributed by atoms with E-state index >= 15 is 0 Å². The second-order valence-corrected chi connectivity index (χ2v) is 5.46. The van der Waals surface area contributed by atoms with Crippen molar-refractivity contribution in [3.05, 3.63) is 38.5 Å². The van der Waals surface area contributed by atoms with Crippen molar-refractivity contribution >= 4 is 28.5 Å². The summed E-state index contributed by atoms with van der Waals surface area (Å²) < 4.78 is 0. The quantitative estimate of drug-likeness (QED) is 0.851. The van der Waals surface area contributed by atoms with Gasteiger partial charge in [-0.2, -0.15) is 0 Å². The summed E-state index contributed by atoms with van der Waals surface area (Å²) in [5.74, 6) is 0.0607. The molecule has 16 heavy (non-hydrogen) atoms. The molecular weight excluding hydrogens is 240 g/mol. The Kier molecular flexibility index (Phi) is 3.48. The first-order valence-electron chi connectivity index (χ1n) is 4.93. The molecule has 2 N–H and O–H groups in total. The molecule has 0 aliphatic carbocycles. The maximum atomic E-state index is 11.9. The Morgan fingerprint density at radius 1 is 1.56 bits per heavy atom. The minimum atomic E-state index is -0.103. The van der Waals surface area contributed by atoms with E-state index in [1.54, 1.807) is 16.7 Å². The topological polar surface area (TPSA) is 56.0 Å². The van der Waals surface area contributed by atoms with Crippen molar-refractivity contribution in [3.63, 3.8) is 0 Å². The molecule has 0 aromatic carbocycles. The summed E-state index contributed by atoms with van der Waals surface area (Å²) >= 11 is 3.03. The van der Waals surface area contributed by atoms with Crippen molar-refractivity contribution in [2.24, 2.45) is 5.73 Å². The van der Waals surface area contributed by atoms with E-state index in [1.165, 1.54) is 11.3 Å². The van der Waals surface area contributed by atoms with Gasteiger partial charge >= 0.3 is 0 Å². The predicted octanol–water partition coefficient (Wildman–Crippen LogP) is 2.65. The molecule has 1 unspecified atom stereocenters. The monoisotopic (exact) mass is 252 g/mol. The highest BCUT2D eigenvalue weighted by Gasteiger charge is 2.13. The lowest BCUT2D eigenvalue weighted by atomic mass is 10.2. The number of hydrogen-bond acceptors (Lipinski definition) is 5. The lowest BCUT2D eigenvalue weighted by Gasteiger charge is -1.97. The standard InChI is InChI=1S/C11H12N2OS2/c1-7(12)11-13-9(6-16-11)10(14)5-8-3-2-4-15-8/h2-4,6-7H,5,12H2,1H3. The van der Waals surface area contributed by atoms with E-state index in [4.69, 9.17) is 5.73 Å². The first kappa shape index (κ1) is 11.4. The van der Waals surface area contributed by atoms with Crippen molar-refractivity contribution in [1.29, 1.82) is 0 Å². The Bertz CT molecular complexity index is 474. The summed E-state index contributed by atoms with van der Waals surface area (Å²) in [5, 5.41) is 4.57. The average molecular weight is 252 g/mol. The molecule has 0 saturated carbocycles. The van der Waals surface area contributed by atoms with E-state index < -0.39 is 0 Å². The number of rotatable bonds is 4. The lowest BCUT2D eigenvalue weighted by Crippen LogP contribution is -2.07. The van der Waals surface area contributed by atoms with Gasteiger partial charge in [0.15, 0.2) is 5.78 Å². The van der Waals surface area contributed by atoms with Crippen LogP contribution in [0.5, 0.6) is 0 Å². The van der Waals surface area contributed by atoms with E-state index in [0.717, 1.165) is 9.88 Å². The van der Waals surface area contributed by atoms with Gasteiger partial charge in [-0.3, -0.25) is 4.79 Å². The van der Waals surface area contributed by atoms with Crippen LogP contribution >= 0.6 is 22.7 Å². The number of Topliss-reactive ketones (excluding diaryl/α,β-unsaturated/α-hetero) is 1. The molecule has 0 fully saturated rings. The Morgan fingerprint density at radius 3 is 2.94 bits per heavy atom. The molecule has 1 atom stereocenters. The van der Waals surface area contributed by atoms with Crippen molar-refractivity contribution in [2.45, 2.75) is 19.4 Å². The van der Waals surface area contributed by atoms with E-state index in [9.17, 15) is 4.79 Å². The largest absolute Gasteiger partial charge is 0.322 e. The molecule has 0 amide bonds. The maximum absolute atomic E-state index is 11.9. The Morgan fingerprint density at radius 2 is 2.38 bits per heavy atom. The van der Waals surface area contributed by atoms with Crippen molar-refractivity contribution in [3.8, 4) is 0 Å². The summed E-state index contributed by atoms with van der Waals surface area (Å²) in [5.41, 5.74) is 6.23. The van der Waals surface area contributed by atoms with Crippen molar-refractivity contribution in [1.82, 2.24) is 4.98 Å². The van der Waals surface area contributed by atoms with Crippen LogP contribution in [0.3, 0.4) is 0 Å². The van der Waals surface area contributed by atoms with Crippen LogP contribution in [0.15, 0.2) is 22.9 Å². The molecule has 0 bridgehead atoms. The van der Waals surface area contributed by atoms with Gasteiger partial charge in [-0.25, -0.2) is 4.98 Å². The Balaban J connectivity index is 2.09. The van der Waals surface area contributed by atoms with E-state index in [1.807, 2.05) is 24.4 Å². The highest BCUT2D eigenvalue weighted by Crippen LogP contribution is 2.18. The third-order valence-corrected chi connectivity index (χ3v) is 4.03. The highest BCUT2D eigenvalue weighted by atomic mass is 32.1. The van der Waals surface area contributed by atoms with Crippen molar-refractivity contribution < 1.29 is 4.79 Å². The smallest absolute Gasteiger partial charge is 0.187 e. The van der Waals surface area contributed by atoms with Crippen LogP contribution < -0.4 is 5.73 Å². The third-order valence-electron chi connectivity index (χ3n) is 2.11. The zero-order valence-corrected chi connectivity index (χ0v) is 10.5. The van der Waals surface area contributed by atoms with E-state index in [2.05, 4.69) is 4.98 Å². The first-order chi connectivity index (χ1) is 7.66. The zero-order chi connectivity index (χ0) is 11.5. The van der Waals surface area contributed by atoms with Crippen LogP contribution in [0.4, 0.5) is 0 Å². The molecule has 3 nitrogen and oxygen atoms in total. The molecule has 5 heteroatoms. The van der Waals surface area contributed by atoms with E-state index in [0.29, 0.717) is 12.1 Å². The number of carbonyl (C=O) groups excluding carboxylic acids is 1. The lowest BCUT2D eigenvalue weighted by molar-refractivity contribution is 0.0989. The zero-order valence-electron chi connectivity index (χ0n) is 8.84. The molecule has 2 heterocycles. The molecular formula is C11H12N2OS2. The number of ketones is 1. The van der Waals surface area contributed by atoms with Crippen LogP contribution in [0.1, 0.15) is 33.3 Å². The molecule has 84 valence electrons. The second kappa shape index (κ2) is 4.86. The number of aromatic nitrogens is 1. The van der Waals surface area contributed by atoms with Gasteiger partial charge in [0.05, 0.1) is 6.04 Å². The number of thiazole rings is 1. The summed E-state index contributed by atoms with van der Waals surface area (Å²) in [4.78, 5) is 17.2. The normalized spacial score (nSPS) is 12.6. The Hall–Kier alpha value is -1.04. The van der Waals surface area contributed by atoms with Gasteiger partial charge in [-0.1, -0.05) is 6.07 Å². The molecule has 2 aromatic rings. The molecule has 0 aliphatic heterocycles. The number of carbonyl (C=O) groups is 1. The summed E-state index contributed by atoms with van der Waals surface area (Å²) in [6, 6.07) is 3.80. The second-order valence-electron chi connectivity index (χ2n) is 3.54. The summed E-state index contributed by atoms with van der Waals surface area (Å²) in [6.45, 7) is 1.87. The van der Waals surface area contributed by atoms with Crippen molar-refractivity contribution in [2.75, 3.05) is 0 Å². The fraction of sp³-hybridized carbons (Fsp3) is 0.273. The van der Waals surface area contributed by atoms with Crippen LogP contribution in [-0.4, -0.2) is 10.8 Å². The van der Waals surface area contributed by atoms with Gasteiger partial charge in [0.25, 0.3) is 0 Å². The number of nitrogens with zero attached hydrogens (tertiary/aromatic N) is 1. The van der Waals surface area contributed by atoms with Gasteiger partial charge in [-0.15, -0.1) is 22.7 Å². The van der Waals surface area contributed by atoms with Gasteiger partial charge in [0.1, 0.15) is 10.7 Å². The van der Waals surface area contributed by atoms with Crippen LogP contribution in [0, 0.1) is 0 Å². The third kappa shape index (κ3) is 2.55. The van der Waals surface area contributed by atoms with Crippen LogP contribution in [-0.2, 0) is 6.42 Å². The van der Waals surface area contributed by atoms with Gasteiger partial charge in [-0.05, 0) is 18.4 Å². The molecule has 2 aromatic heterocycles. The SMILES string of the molecule is CC(N)c1nc(C(=O)Cc2cccs2)cs1.